The molecule has 31 heavy (non-hydrogen) atoms. The van der Waals surface area contributed by atoms with E-state index < -0.39 is 0 Å². The van der Waals surface area contributed by atoms with Gasteiger partial charge in [0.1, 0.15) is 5.75 Å². The van der Waals surface area contributed by atoms with Crippen molar-refractivity contribution in [2.45, 2.75) is 6.42 Å². The fourth-order valence-electron chi connectivity index (χ4n) is 3.07. The lowest BCUT2D eigenvalue weighted by Gasteiger charge is -2.13. The van der Waals surface area contributed by atoms with Crippen LogP contribution in [0.25, 0.3) is 11.1 Å². The van der Waals surface area contributed by atoms with E-state index in [1.165, 1.54) is 0 Å². The molecular formula is C25H26N2O4. The number of amides is 2. The lowest BCUT2D eigenvalue weighted by atomic mass is 10.1. The summed E-state index contributed by atoms with van der Waals surface area (Å²) in [4.78, 5) is 24.8. The van der Waals surface area contributed by atoms with E-state index in [1.807, 2.05) is 54.6 Å². The minimum Gasteiger partial charge on any atom is -0.492 e. The minimum atomic E-state index is -0.263. The molecule has 2 N–H and O–H groups in total. The number of para-hydroxylation sites is 2. The highest BCUT2D eigenvalue weighted by atomic mass is 16.5. The molecule has 0 aliphatic heterocycles. The summed E-state index contributed by atoms with van der Waals surface area (Å²) in [5.74, 6) is 0.231. The molecule has 6 heteroatoms. The molecule has 3 aromatic carbocycles. The van der Waals surface area contributed by atoms with Gasteiger partial charge in [-0.1, -0.05) is 60.7 Å². The first-order chi connectivity index (χ1) is 15.2. The predicted molar refractivity (Wildman–Crippen MR) is 121 cm³/mol. The molecule has 0 unspecified atom stereocenters. The number of nitrogens with one attached hydrogen (secondary N) is 2. The highest BCUT2D eigenvalue weighted by Crippen LogP contribution is 2.29. The maximum absolute atomic E-state index is 12.4. The second kappa shape index (κ2) is 11.5. The van der Waals surface area contributed by atoms with Gasteiger partial charge in [0.15, 0.2) is 0 Å². The average molecular weight is 418 g/mol. The number of hydrogen-bond donors (Lipinski definition) is 2. The van der Waals surface area contributed by atoms with E-state index in [4.69, 9.17) is 9.47 Å². The van der Waals surface area contributed by atoms with Gasteiger partial charge in [-0.05, 0) is 23.8 Å². The van der Waals surface area contributed by atoms with Crippen LogP contribution in [-0.2, 0) is 9.53 Å². The Hall–Kier alpha value is -3.64. The van der Waals surface area contributed by atoms with Crippen molar-refractivity contribution in [1.82, 2.24) is 5.32 Å². The summed E-state index contributed by atoms with van der Waals surface area (Å²) >= 11 is 0. The van der Waals surface area contributed by atoms with E-state index in [9.17, 15) is 9.59 Å². The van der Waals surface area contributed by atoms with E-state index in [0.717, 1.165) is 16.9 Å². The van der Waals surface area contributed by atoms with Crippen LogP contribution in [0.3, 0.4) is 0 Å². The number of carbonyl (C=O) groups is 2. The van der Waals surface area contributed by atoms with E-state index in [0.29, 0.717) is 24.4 Å². The summed E-state index contributed by atoms with van der Waals surface area (Å²) in [6, 6.07) is 24.6. The molecule has 0 radical (unpaired) electrons. The third kappa shape index (κ3) is 6.42. The van der Waals surface area contributed by atoms with Crippen LogP contribution in [0.1, 0.15) is 16.8 Å². The Morgan fingerprint density at radius 2 is 1.55 bits per heavy atom. The van der Waals surface area contributed by atoms with Crippen LogP contribution in [0.4, 0.5) is 5.69 Å². The van der Waals surface area contributed by atoms with E-state index in [-0.39, 0.29) is 24.8 Å². The molecule has 0 heterocycles. The topological polar surface area (TPSA) is 76.7 Å². The predicted octanol–water partition coefficient (Wildman–Crippen LogP) is 4.14. The van der Waals surface area contributed by atoms with Crippen molar-refractivity contribution >= 4 is 17.5 Å². The van der Waals surface area contributed by atoms with Crippen molar-refractivity contribution in [3.63, 3.8) is 0 Å². The first-order valence-electron chi connectivity index (χ1n) is 10.1. The molecule has 0 atom stereocenters. The molecule has 6 nitrogen and oxygen atoms in total. The fourth-order valence-corrected chi connectivity index (χ4v) is 3.07. The highest BCUT2D eigenvalue weighted by molar-refractivity contribution is 6.03. The number of carbonyl (C=O) groups excluding carboxylic acids is 2. The molecule has 0 spiro atoms. The number of methoxy groups -OCH3 is 1. The molecule has 0 aliphatic carbocycles. The Morgan fingerprint density at radius 1 is 0.839 bits per heavy atom. The molecular weight excluding hydrogens is 392 g/mol. The van der Waals surface area contributed by atoms with Crippen LogP contribution < -0.4 is 15.4 Å². The third-order valence-corrected chi connectivity index (χ3v) is 4.60. The monoisotopic (exact) mass is 418 g/mol. The molecule has 0 saturated heterocycles. The van der Waals surface area contributed by atoms with Gasteiger partial charge >= 0.3 is 0 Å². The molecule has 3 rings (SSSR count). The minimum absolute atomic E-state index is 0.156. The Bertz CT molecular complexity index is 1010. The summed E-state index contributed by atoms with van der Waals surface area (Å²) in [6.07, 6.45) is 0.156. The van der Waals surface area contributed by atoms with Crippen molar-refractivity contribution < 1.29 is 19.1 Å². The number of ether oxygens (including phenoxy) is 2. The Morgan fingerprint density at radius 3 is 2.35 bits per heavy atom. The van der Waals surface area contributed by atoms with Crippen molar-refractivity contribution in [3.05, 3.63) is 84.4 Å². The molecule has 160 valence electrons. The van der Waals surface area contributed by atoms with Crippen LogP contribution >= 0.6 is 0 Å². The standard InChI is InChI=1S/C25H26N2O4/c1-30-18-16-26-25(29)21-12-5-7-13-22(21)27-24(28)15-17-31-23-14-8-6-11-20(23)19-9-3-2-4-10-19/h2-14H,15-18H2,1H3,(H,26,29)(H,27,28). The van der Waals surface area contributed by atoms with Crippen molar-refractivity contribution in [2.24, 2.45) is 0 Å². The van der Waals surface area contributed by atoms with Crippen LogP contribution in [-0.4, -0.2) is 38.7 Å². The Labute approximate surface area is 182 Å². The SMILES string of the molecule is COCCNC(=O)c1ccccc1NC(=O)CCOc1ccccc1-c1ccccc1. The second-order valence-electron chi connectivity index (χ2n) is 6.80. The van der Waals surface area contributed by atoms with Gasteiger partial charge in [-0.15, -0.1) is 0 Å². The molecule has 0 bridgehead atoms. The zero-order valence-electron chi connectivity index (χ0n) is 17.5. The number of anilines is 1. The molecule has 0 fully saturated rings. The average Bonchev–Trinajstić information content (AvgIpc) is 2.80. The number of rotatable bonds is 10. The van der Waals surface area contributed by atoms with Gasteiger partial charge < -0.3 is 20.1 Å². The smallest absolute Gasteiger partial charge is 0.253 e. The van der Waals surface area contributed by atoms with E-state index in [1.54, 1.807) is 31.4 Å². The lowest BCUT2D eigenvalue weighted by Crippen LogP contribution is -2.28. The van der Waals surface area contributed by atoms with Gasteiger partial charge in [-0.25, -0.2) is 0 Å². The number of benzene rings is 3. The normalized spacial score (nSPS) is 10.4. The highest BCUT2D eigenvalue weighted by Gasteiger charge is 2.13. The molecule has 2 amide bonds. The van der Waals surface area contributed by atoms with Gasteiger partial charge in [0, 0.05) is 19.2 Å². The molecule has 0 aliphatic rings. The molecule has 3 aromatic rings. The quantitative estimate of drug-likeness (QED) is 0.485. The largest absolute Gasteiger partial charge is 0.492 e. The molecule has 0 aromatic heterocycles. The maximum Gasteiger partial charge on any atom is 0.253 e. The van der Waals surface area contributed by atoms with Crippen molar-refractivity contribution in [2.75, 3.05) is 32.2 Å². The van der Waals surface area contributed by atoms with Crippen molar-refractivity contribution in [3.8, 4) is 16.9 Å². The Balaban J connectivity index is 1.57. The summed E-state index contributed by atoms with van der Waals surface area (Å²) < 4.78 is 10.8. The zero-order valence-corrected chi connectivity index (χ0v) is 17.5. The van der Waals surface area contributed by atoms with Crippen LogP contribution in [0, 0.1) is 0 Å². The third-order valence-electron chi connectivity index (χ3n) is 4.60. The summed E-state index contributed by atoms with van der Waals surface area (Å²) in [6.45, 7) is 1.03. The van der Waals surface area contributed by atoms with Gasteiger partial charge in [-0.3, -0.25) is 9.59 Å². The lowest BCUT2D eigenvalue weighted by molar-refractivity contribution is -0.116. The number of hydrogen-bond acceptors (Lipinski definition) is 4. The van der Waals surface area contributed by atoms with Gasteiger partial charge in [0.2, 0.25) is 5.91 Å². The second-order valence-corrected chi connectivity index (χ2v) is 6.80. The first-order valence-corrected chi connectivity index (χ1v) is 10.1. The molecule has 0 saturated carbocycles. The van der Waals surface area contributed by atoms with E-state index >= 15 is 0 Å². The fraction of sp³-hybridized carbons (Fsp3) is 0.200. The van der Waals surface area contributed by atoms with Gasteiger partial charge in [0.25, 0.3) is 5.91 Å². The zero-order chi connectivity index (χ0) is 21.9. The Kier molecular flexibility index (Phi) is 8.20. The summed E-state index contributed by atoms with van der Waals surface area (Å²) in [5.41, 5.74) is 2.90. The maximum atomic E-state index is 12.4. The van der Waals surface area contributed by atoms with Gasteiger partial charge in [0.05, 0.1) is 30.9 Å². The van der Waals surface area contributed by atoms with Crippen LogP contribution in [0.2, 0.25) is 0 Å². The van der Waals surface area contributed by atoms with Crippen LogP contribution in [0.15, 0.2) is 78.9 Å². The first kappa shape index (κ1) is 22.1. The summed E-state index contributed by atoms with van der Waals surface area (Å²) in [7, 11) is 1.57. The van der Waals surface area contributed by atoms with Crippen molar-refractivity contribution in [1.29, 1.82) is 0 Å². The summed E-state index contributed by atoms with van der Waals surface area (Å²) in [5, 5.41) is 5.56. The van der Waals surface area contributed by atoms with Crippen LogP contribution in [0.5, 0.6) is 5.75 Å². The van der Waals surface area contributed by atoms with E-state index in [2.05, 4.69) is 10.6 Å². The van der Waals surface area contributed by atoms with Gasteiger partial charge in [-0.2, -0.15) is 0 Å².